The van der Waals surface area contributed by atoms with E-state index in [0.717, 1.165) is 12.8 Å². The normalized spacial score (nSPS) is 15.9. The minimum atomic E-state index is -0.409. The first kappa shape index (κ1) is 12.6. The molecule has 1 aliphatic carbocycles. The van der Waals surface area contributed by atoms with Gasteiger partial charge in [-0.1, -0.05) is 0 Å². The van der Waals surface area contributed by atoms with Crippen molar-refractivity contribution in [1.29, 1.82) is 0 Å². The Kier molecular flexibility index (Phi) is 3.34. The smallest absolute Gasteiger partial charge is 0.251 e. The van der Waals surface area contributed by atoms with Gasteiger partial charge in [-0.15, -0.1) is 0 Å². The third kappa shape index (κ3) is 2.87. The first-order chi connectivity index (χ1) is 8.54. The second-order valence-corrected chi connectivity index (χ2v) is 4.65. The van der Waals surface area contributed by atoms with Crippen molar-refractivity contribution in [1.82, 2.24) is 5.32 Å². The Bertz CT molecular complexity index is 464. The molecular formula is C13H16N2O3. The molecule has 1 aromatic carbocycles. The van der Waals surface area contributed by atoms with Crippen molar-refractivity contribution in [2.45, 2.75) is 25.3 Å². The van der Waals surface area contributed by atoms with Gasteiger partial charge in [-0.25, -0.2) is 0 Å². The standard InChI is InChI=1S/C13H16N2O3/c1-9(17)14-11-4-2-10(3-5-11)12(18)15-13(8-16)6-7-13/h2-5,16H,6-8H2,1H3,(H,14,17)(H,15,18). The van der Waals surface area contributed by atoms with Crippen LogP contribution in [0.1, 0.15) is 30.1 Å². The summed E-state index contributed by atoms with van der Waals surface area (Å²) in [5.41, 5.74) is 0.763. The fourth-order valence-corrected chi connectivity index (χ4v) is 1.69. The summed E-state index contributed by atoms with van der Waals surface area (Å²) in [6.45, 7) is 1.40. The van der Waals surface area contributed by atoms with Gasteiger partial charge in [-0.05, 0) is 37.1 Å². The molecule has 0 aromatic heterocycles. The predicted molar refractivity (Wildman–Crippen MR) is 67.3 cm³/mol. The number of benzene rings is 1. The Morgan fingerprint density at radius 3 is 2.33 bits per heavy atom. The molecule has 0 atom stereocenters. The highest BCUT2D eigenvalue weighted by Crippen LogP contribution is 2.34. The first-order valence-electron chi connectivity index (χ1n) is 5.86. The zero-order chi connectivity index (χ0) is 13.2. The first-order valence-corrected chi connectivity index (χ1v) is 5.86. The Labute approximate surface area is 105 Å². The quantitative estimate of drug-likeness (QED) is 0.740. The van der Waals surface area contributed by atoms with Crippen LogP contribution in [-0.2, 0) is 4.79 Å². The molecule has 18 heavy (non-hydrogen) atoms. The van der Waals surface area contributed by atoms with Crippen molar-refractivity contribution in [3.05, 3.63) is 29.8 Å². The zero-order valence-electron chi connectivity index (χ0n) is 10.2. The van der Waals surface area contributed by atoms with Crippen molar-refractivity contribution in [3.8, 4) is 0 Å². The molecule has 0 bridgehead atoms. The van der Waals surface area contributed by atoms with Gasteiger partial charge in [0.2, 0.25) is 5.91 Å². The number of rotatable bonds is 4. The number of hydrogen-bond acceptors (Lipinski definition) is 3. The zero-order valence-corrected chi connectivity index (χ0v) is 10.2. The third-order valence-corrected chi connectivity index (χ3v) is 3.00. The van der Waals surface area contributed by atoms with Crippen molar-refractivity contribution >= 4 is 17.5 Å². The van der Waals surface area contributed by atoms with Crippen LogP contribution in [0, 0.1) is 0 Å². The number of aliphatic hydroxyl groups is 1. The molecule has 96 valence electrons. The Hall–Kier alpha value is -1.88. The maximum atomic E-state index is 11.9. The van der Waals surface area contributed by atoms with E-state index in [-0.39, 0.29) is 18.4 Å². The summed E-state index contributed by atoms with van der Waals surface area (Å²) in [5, 5.41) is 14.6. The number of amides is 2. The molecule has 1 saturated carbocycles. The van der Waals surface area contributed by atoms with Crippen LogP contribution in [0.5, 0.6) is 0 Å². The second-order valence-electron chi connectivity index (χ2n) is 4.65. The molecule has 1 aromatic rings. The largest absolute Gasteiger partial charge is 0.394 e. The summed E-state index contributed by atoms with van der Waals surface area (Å²) in [5.74, 6) is -0.347. The van der Waals surface area contributed by atoms with Crippen molar-refractivity contribution < 1.29 is 14.7 Å². The van der Waals surface area contributed by atoms with Gasteiger partial charge >= 0.3 is 0 Å². The molecule has 1 aliphatic rings. The van der Waals surface area contributed by atoms with Crippen LogP contribution in [0.2, 0.25) is 0 Å². The van der Waals surface area contributed by atoms with Crippen molar-refractivity contribution in [3.63, 3.8) is 0 Å². The van der Waals surface area contributed by atoms with Crippen molar-refractivity contribution in [2.75, 3.05) is 11.9 Å². The number of hydrogen-bond donors (Lipinski definition) is 3. The van der Waals surface area contributed by atoms with Gasteiger partial charge in [0.05, 0.1) is 12.1 Å². The molecule has 2 rings (SSSR count). The van der Waals surface area contributed by atoms with Crippen LogP contribution < -0.4 is 10.6 Å². The molecule has 0 radical (unpaired) electrons. The fraction of sp³-hybridized carbons (Fsp3) is 0.385. The molecule has 0 unspecified atom stereocenters. The van der Waals surface area contributed by atoms with E-state index < -0.39 is 5.54 Å². The maximum absolute atomic E-state index is 11.9. The summed E-state index contributed by atoms with van der Waals surface area (Å²) in [7, 11) is 0. The van der Waals surface area contributed by atoms with Gasteiger partial charge in [0.1, 0.15) is 0 Å². The number of anilines is 1. The molecule has 1 fully saturated rings. The molecular weight excluding hydrogens is 232 g/mol. The summed E-state index contributed by atoms with van der Waals surface area (Å²) >= 11 is 0. The lowest BCUT2D eigenvalue weighted by Crippen LogP contribution is -2.39. The lowest BCUT2D eigenvalue weighted by molar-refractivity contribution is -0.114. The van der Waals surface area contributed by atoms with E-state index in [2.05, 4.69) is 10.6 Å². The van der Waals surface area contributed by atoms with Crippen LogP contribution in [0.15, 0.2) is 24.3 Å². The highest BCUT2D eigenvalue weighted by Gasteiger charge is 2.43. The Balaban J connectivity index is 2.00. The van der Waals surface area contributed by atoms with Gasteiger partial charge in [0.15, 0.2) is 0 Å². The lowest BCUT2D eigenvalue weighted by Gasteiger charge is -2.14. The van der Waals surface area contributed by atoms with E-state index in [4.69, 9.17) is 5.11 Å². The van der Waals surface area contributed by atoms with Crippen LogP contribution in [-0.4, -0.2) is 29.1 Å². The molecule has 5 nitrogen and oxygen atoms in total. The number of carbonyl (C=O) groups excluding carboxylic acids is 2. The lowest BCUT2D eigenvalue weighted by atomic mass is 10.1. The summed E-state index contributed by atoms with van der Waals surface area (Å²) in [6.07, 6.45) is 1.64. The van der Waals surface area contributed by atoms with Crippen molar-refractivity contribution in [2.24, 2.45) is 0 Å². The molecule has 0 saturated heterocycles. The number of nitrogens with one attached hydrogen (secondary N) is 2. The van der Waals surface area contributed by atoms with E-state index in [1.165, 1.54) is 6.92 Å². The number of aliphatic hydroxyl groups excluding tert-OH is 1. The molecule has 0 aliphatic heterocycles. The maximum Gasteiger partial charge on any atom is 0.251 e. The minimum absolute atomic E-state index is 0.0251. The van der Waals surface area contributed by atoms with Crippen LogP contribution in [0.3, 0.4) is 0 Å². The summed E-state index contributed by atoms with van der Waals surface area (Å²) < 4.78 is 0. The van der Waals surface area contributed by atoms with E-state index in [1.54, 1.807) is 24.3 Å². The van der Waals surface area contributed by atoms with Crippen LogP contribution in [0.4, 0.5) is 5.69 Å². The molecule has 3 N–H and O–H groups in total. The average Bonchev–Trinajstić information content (AvgIpc) is 3.09. The second kappa shape index (κ2) is 4.78. The van der Waals surface area contributed by atoms with E-state index in [9.17, 15) is 9.59 Å². The average molecular weight is 248 g/mol. The summed E-state index contributed by atoms with van der Waals surface area (Å²) in [4.78, 5) is 22.7. The van der Waals surface area contributed by atoms with Gasteiger partial charge in [-0.3, -0.25) is 9.59 Å². The predicted octanol–water partition coefficient (Wildman–Crippen LogP) is 0.900. The Morgan fingerprint density at radius 1 is 1.28 bits per heavy atom. The van der Waals surface area contributed by atoms with E-state index >= 15 is 0 Å². The Morgan fingerprint density at radius 2 is 1.89 bits per heavy atom. The molecule has 2 amide bonds. The molecule has 0 heterocycles. The molecule has 5 heteroatoms. The fourth-order valence-electron chi connectivity index (χ4n) is 1.69. The molecule has 0 spiro atoms. The van der Waals surface area contributed by atoms with Gasteiger partial charge < -0.3 is 15.7 Å². The van der Waals surface area contributed by atoms with Crippen LogP contribution >= 0.6 is 0 Å². The van der Waals surface area contributed by atoms with Gasteiger partial charge in [0.25, 0.3) is 5.91 Å². The third-order valence-electron chi connectivity index (χ3n) is 3.00. The van der Waals surface area contributed by atoms with Gasteiger partial charge in [-0.2, -0.15) is 0 Å². The monoisotopic (exact) mass is 248 g/mol. The topological polar surface area (TPSA) is 78.4 Å². The van der Waals surface area contributed by atoms with Gasteiger partial charge in [0, 0.05) is 18.2 Å². The van der Waals surface area contributed by atoms with E-state index in [0.29, 0.717) is 11.3 Å². The van der Waals surface area contributed by atoms with Crippen LogP contribution in [0.25, 0.3) is 0 Å². The minimum Gasteiger partial charge on any atom is -0.394 e. The SMILES string of the molecule is CC(=O)Nc1ccc(C(=O)NC2(CO)CC2)cc1. The highest BCUT2D eigenvalue weighted by molar-refractivity contribution is 5.96. The highest BCUT2D eigenvalue weighted by atomic mass is 16.3. The van der Waals surface area contributed by atoms with E-state index in [1.807, 2.05) is 0 Å². The number of carbonyl (C=O) groups is 2. The summed E-state index contributed by atoms with van der Waals surface area (Å²) in [6, 6.07) is 6.64.